The Kier molecular flexibility index (Phi) is 3.48. The highest BCUT2D eigenvalue weighted by Crippen LogP contribution is 2.45. The molecule has 1 aromatic heterocycles. The Hall–Kier alpha value is -1.11. The summed E-state index contributed by atoms with van der Waals surface area (Å²) in [4.78, 5) is 0. The van der Waals surface area contributed by atoms with Crippen LogP contribution < -0.4 is 5.32 Å². The van der Waals surface area contributed by atoms with Crippen LogP contribution in [0.5, 0.6) is 0 Å². The Morgan fingerprint density at radius 3 is 2.60 bits per heavy atom. The smallest absolute Gasteiger partial charge is 0.315 e. The topological polar surface area (TPSA) is 42.7 Å². The first-order valence-corrected chi connectivity index (χ1v) is 7.22. The number of alkyl halides is 3. The molecule has 1 saturated carbocycles. The van der Waals surface area contributed by atoms with Gasteiger partial charge in [0, 0.05) is 12.6 Å². The molecule has 0 bridgehead atoms. The van der Waals surface area contributed by atoms with Crippen molar-refractivity contribution in [1.82, 2.24) is 20.1 Å². The van der Waals surface area contributed by atoms with E-state index in [2.05, 4.69) is 15.5 Å². The van der Waals surface area contributed by atoms with Gasteiger partial charge in [-0.2, -0.15) is 13.2 Å². The fourth-order valence-corrected chi connectivity index (χ4v) is 3.46. The number of hydrogen-bond acceptors (Lipinski definition) is 3. The van der Waals surface area contributed by atoms with E-state index < -0.39 is 11.6 Å². The largest absolute Gasteiger partial charge is 0.402 e. The van der Waals surface area contributed by atoms with Crippen LogP contribution >= 0.6 is 0 Å². The number of halogens is 3. The lowest BCUT2D eigenvalue weighted by Crippen LogP contribution is -2.46. The fourth-order valence-electron chi connectivity index (χ4n) is 3.46. The summed E-state index contributed by atoms with van der Waals surface area (Å²) in [6, 6.07) is 0.119. The molecule has 0 aromatic carbocycles. The van der Waals surface area contributed by atoms with Crippen LogP contribution in [0.4, 0.5) is 13.2 Å². The van der Waals surface area contributed by atoms with Gasteiger partial charge in [0.2, 0.25) is 0 Å². The van der Waals surface area contributed by atoms with E-state index >= 15 is 0 Å². The van der Waals surface area contributed by atoms with Crippen molar-refractivity contribution in [2.75, 3.05) is 13.1 Å². The van der Waals surface area contributed by atoms with Gasteiger partial charge in [-0.1, -0.05) is 19.3 Å². The number of rotatable bonds is 2. The van der Waals surface area contributed by atoms with Gasteiger partial charge in [-0.05, 0) is 25.8 Å². The lowest BCUT2D eigenvalue weighted by molar-refractivity contribution is -0.188. The highest BCUT2D eigenvalue weighted by Gasteiger charge is 2.60. The highest BCUT2D eigenvalue weighted by atomic mass is 19.4. The molecular formula is C13H19F3N4. The molecule has 1 aliphatic heterocycles. The SMILES string of the molecule is FC(F)(F)C1(c2nncn2C2CCCCC2)CCNC1. The molecule has 1 N–H and O–H groups in total. The van der Waals surface area contributed by atoms with E-state index in [0.717, 1.165) is 25.7 Å². The maximum Gasteiger partial charge on any atom is 0.402 e. The van der Waals surface area contributed by atoms with Crippen LogP contribution in [0.3, 0.4) is 0 Å². The molecule has 2 heterocycles. The molecule has 2 fully saturated rings. The normalized spacial score (nSPS) is 28.9. The van der Waals surface area contributed by atoms with Crippen LogP contribution in [0.2, 0.25) is 0 Å². The summed E-state index contributed by atoms with van der Waals surface area (Å²) in [5, 5.41) is 10.5. The van der Waals surface area contributed by atoms with Gasteiger partial charge in [0.25, 0.3) is 0 Å². The minimum atomic E-state index is -4.30. The van der Waals surface area contributed by atoms with Gasteiger partial charge in [-0.3, -0.25) is 0 Å². The molecule has 1 unspecified atom stereocenters. The van der Waals surface area contributed by atoms with Gasteiger partial charge >= 0.3 is 6.18 Å². The monoisotopic (exact) mass is 288 g/mol. The van der Waals surface area contributed by atoms with Gasteiger partial charge in [0.15, 0.2) is 0 Å². The van der Waals surface area contributed by atoms with Crippen molar-refractivity contribution in [3.63, 3.8) is 0 Å². The van der Waals surface area contributed by atoms with Crippen molar-refractivity contribution in [3.05, 3.63) is 12.2 Å². The van der Waals surface area contributed by atoms with E-state index in [4.69, 9.17) is 0 Å². The van der Waals surface area contributed by atoms with Crippen molar-refractivity contribution in [3.8, 4) is 0 Å². The summed E-state index contributed by atoms with van der Waals surface area (Å²) in [5.41, 5.74) is -1.87. The maximum atomic E-state index is 13.6. The summed E-state index contributed by atoms with van der Waals surface area (Å²) >= 11 is 0. The van der Waals surface area contributed by atoms with Gasteiger partial charge in [-0.15, -0.1) is 10.2 Å². The third-order valence-corrected chi connectivity index (χ3v) is 4.67. The van der Waals surface area contributed by atoms with Gasteiger partial charge in [0.05, 0.1) is 0 Å². The van der Waals surface area contributed by atoms with Crippen LogP contribution in [0, 0.1) is 0 Å². The van der Waals surface area contributed by atoms with E-state index in [1.807, 2.05) is 0 Å². The van der Waals surface area contributed by atoms with Crippen LogP contribution in [-0.4, -0.2) is 34.0 Å². The predicted molar refractivity (Wildman–Crippen MR) is 67.4 cm³/mol. The van der Waals surface area contributed by atoms with Crippen LogP contribution in [-0.2, 0) is 5.41 Å². The molecule has 0 spiro atoms. The van der Waals surface area contributed by atoms with Crippen LogP contribution in [0.25, 0.3) is 0 Å². The molecular weight excluding hydrogens is 269 g/mol. The summed E-state index contributed by atoms with van der Waals surface area (Å²) in [6.07, 6.45) is 2.38. The zero-order valence-corrected chi connectivity index (χ0v) is 11.3. The molecule has 112 valence electrons. The second-order valence-corrected chi connectivity index (χ2v) is 5.86. The molecule has 2 aliphatic rings. The molecule has 0 radical (unpaired) electrons. The third kappa shape index (κ3) is 2.12. The summed E-state index contributed by atoms with van der Waals surface area (Å²) in [5.74, 6) is 0.0990. The Labute approximate surface area is 115 Å². The maximum absolute atomic E-state index is 13.6. The van der Waals surface area contributed by atoms with Crippen molar-refractivity contribution in [2.45, 2.75) is 56.2 Å². The lowest BCUT2D eigenvalue weighted by Gasteiger charge is -2.33. The van der Waals surface area contributed by atoms with Crippen molar-refractivity contribution < 1.29 is 13.2 Å². The molecule has 1 aliphatic carbocycles. The second-order valence-electron chi connectivity index (χ2n) is 5.86. The molecule has 4 nitrogen and oxygen atoms in total. The summed E-state index contributed by atoms with van der Waals surface area (Å²) in [6.45, 7) is 0.277. The third-order valence-electron chi connectivity index (χ3n) is 4.67. The Morgan fingerprint density at radius 1 is 1.25 bits per heavy atom. The second kappa shape index (κ2) is 5.02. The zero-order chi connectivity index (χ0) is 14.2. The molecule has 3 rings (SSSR count). The first-order chi connectivity index (χ1) is 9.55. The van der Waals surface area contributed by atoms with Crippen molar-refractivity contribution in [2.24, 2.45) is 0 Å². The van der Waals surface area contributed by atoms with Crippen molar-refractivity contribution >= 4 is 0 Å². The van der Waals surface area contributed by atoms with Crippen LogP contribution in [0.1, 0.15) is 50.4 Å². The zero-order valence-electron chi connectivity index (χ0n) is 11.3. The van der Waals surface area contributed by atoms with Gasteiger partial charge in [0.1, 0.15) is 17.6 Å². The minimum Gasteiger partial charge on any atom is -0.315 e. The Bertz CT molecular complexity index is 456. The van der Waals surface area contributed by atoms with Crippen molar-refractivity contribution in [1.29, 1.82) is 0 Å². The van der Waals surface area contributed by atoms with E-state index in [-0.39, 0.29) is 24.8 Å². The molecule has 20 heavy (non-hydrogen) atoms. The molecule has 7 heteroatoms. The number of nitrogens with zero attached hydrogens (tertiary/aromatic N) is 3. The highest BCUT2D eigenvalue weighted by molar-refractivity contribution is 5.17. The summed E-state index contributed by atoms with van der Waals surface area (Å²) in [7, 11) is 0. The minimum absolute atomic E-state index is 0.0436. The quantitative estimate of drug-likeness (QED) is 0.909. The Balaban J connectivity index is 1.98. The average molecular weight is 288 g/mol. The van der Waals surface area contributed by atoms with E-state index in [1.165, 1.54) is 12.7 Å². The van der Waals surface area contributed by atoms with Crippen LogP contribution in [0.15, 0.2) is 6.33 Å². The van der Waals surface area contributed by atoms with E-state index in [0.29, 0.717) is 6.54 Å². The first kappa shape index (κ1) is 13.9. The standard InChI is InChI=1S/C13H19F3N4/c14-13(15,16)12(6-7-17-8-12)11-19-18-9-20(11)10-4-2-1-3-5-10/h9-10,17H,1-8H2. The first-order valence-electron chi connectivity index (χ1n) is 7.22. The molecule has 0 amide bonds. The van der Waals surface area contributed by atoms with E-state index in [1.54, 1.807) is 4.57 Å². The van der Waals surface area contributed by atoms with Gasteiger partial charge < -0.3 is 9.88 Å². The molecule has 1 atom stereocenters. The predicted octanol–water partition coefficient (Wildman–Crippen LogP) is 2.58. The molecule has 1 saturated heterocycles. The number of hydrogen-bond donors (Lipinski definition) is 1. The number of nitrogens with one attached hydrogen (secondary N) is 1. The average Bonchev–Trinajstić information content (AvgIpc) is 3.08. The lowest BCUT2D eigenvalue weighted by atomic mass is 9.84. The fraction of sp³-hybridized carbons (Fsp3) is 0.846. The molecule has 1 aromatic rings. The summed E-state index contributed by atoms with van der Waals surface area (Å²) < 4.78 is 42.5. The van der Waals surface area contributed by atoms with Gasteiger partial charge in [-0.25, -0.2) is 0 Å². The van der Waals surface area contributed by atoms with E-state index in [9.17, 15) is 13.2 Å². The Morgan fingerprint density at radius 2 is 2.00 bits per heavy atom. The number of aromatic nitrogens is 3.